The number of benzene rings is 1. The molecule has 1 heterocycles. The molecule has 6 nitrogen and oxygen atoms in total. The van der Waals surface area contributed by atoms with Crippen LogP contribution in [0.15, 0.2) is 22.7 Å². The summed E-state index contributed by atoms with van der Waals surface area (Å²) in [5.74, 6) is 0.720. The van der Waals surface area contributed by atoms with Crippen molar-refractivity contribution in [3.63, 3.8) is 0 Å². The lowest BCUT2D eigenvalue weighted by Crippen LogP contribution is -1.89. The largest absolute Gasteiger partial charge is 0.334 e. The van der Waals surface area contributed by atoms with Crippen molar-refractivity contribution in [2.45, 2.75) is 13.3 Å². The molecule has 17 heavy (non-hydrogen) atoms. The van der Waals surface area contributed by atoms with Gasteiger partial charge in [0.05, 0.1) is 15.5 Å². The van der Waals surface area contributed by atoms with Crippen LogP contribution in [0.25, 0.3) is 11.5 Å². The summed E-state index contributed by atoms with van der Waals surface area (Å²) in [6, 6.07) is 4.07. The van der Waals surface area contributed by atoms with Crippen molar-refractivity contribution in [2.75, 3.05) is 0 Å². The van der Waals surface area contributed by atoms with Crippen molar-refractivity contribution in [2.24, 2.45) is 0 Å². The molecular formula is C10H8ClN3O3. The Morgan fingerprint density at radius 1 is 1.53 bits per heavy atom. The van der Waals surface area contributed by atoms with E-state index in [2.05, 4.69) is 10.1 Å². The first kappa shape index (κ1) is 11.5. The molecule has 1 aromatic carbocycles. The van der Waals surface area contributed by atoms with Gasteiger partial charge in [-0.25, -0.2) is 0 Å². The molecule has 0 N–H and O–H groups in total. The average Bonchev–Trinajstić information content (AvgIpc) is 2.77. The molecule has 0 aliphatic carbocycles. The van der Waals surface area contributed by atoms with Crippen LogP contribution in [0.4, 0.5) is 5.69 Å². The van der Waals surface area contributed by atoms with Gasteiger partial charge in [0.15, 0.2) is 5.82 Å². The van der Waals surface area contributed by atoms with E-state index in [1.54, 1.807) is 0 Å². The number of hydrogen-bond acceptors (Lipinski definition) is 5. The van der Waals surface area contributed by atoms with E-state index in [4.69, 9.17) is 16.1 Å². The highest BCUT2D eigenvalue weighted by atomic mass is 35.5. The number of halogens is 1. The monoisotopic (exact) mass is 253 g/mol. The molecule has 0 saturated carbocycles. The minimum atomic E-state index is -0.503. The summed E-state index contributed by atoms with van der Waals surface area (Å²) in [5, 5.41) is 14.7. The lowest BCUT2D eigenvalue weighted by Gasteiger charge is -1.98. The Morgan fingerprint density at radius 3 is 2.88 bits per heavy atom. The topological polar surface area (TPSA) is 82.1 Å². The summed E-state index contributed by atoms with van der Waals surface area (Å²) < 4.78 is 4.99. The van der Waals surface area contributed by atoms with Crippen LogP contribution in [-0.2, 0) is 6.42 Å². The molecule has 0 amide bonds. The first-order valence-electron chi connectivity index (χ1n) is 4.88. The number of hydrogen-bond donors (Lipinski definition) is 0. The van der Waals surface area contributed by atoms with Crippen LogP contribution in [0.5, 0.6) is 0 Å². The van der Waals surface area contributed by atoms with Gasteiger partial charge in [-0.1, -0.05) is 23.7 Å². The normalized spacial score (nSPS) is 10.5. The summed E-state index contributed by atoms with van der Waals surface area (Å²) in [6.45, 7) is 1.88. The van der Waals surface area contributed by atoms with E-state index in [9.17, 15) is 10.1 Å². The van der Waals surface area contributed by atoms with E-state index in [1.807, 2.05) is 6.92 Å². The maximum absolute atomic E-state index is 10.7. The Kier molecular flexibility index (Phi) is 3.06. The highest BCUT2D eigenvalue weighted by Gasteiger charge is 2.16. The van der Waals surface area contributed by atoms with Crippen molar-refractivity contribution >= 4 is 17.3 Å². The van der Waals surface area contributed by atoms with Crippen molar-refractivity contribution in [1.82, 2.24) is 10.1 Å². The SMILES string of the molecule is CCc1noc(-c2cc([N+](=O)[O-])ccc2Cl)n1. The quantitative estimate of drug-likeness (QED) is 0.620. The van der Waals surface area contributed by atoms with Crippen LogP contribution in [0, 0.1) is 10.1 Å². The maximum atomic E-state index is 10.7. The fraction of sp³-hybridized carbons (Fsp3) is 0.200. The minimum absolute atomic E-state index is 0.0688. The highest BCUT2D eigenvalue weighted by molar-refractivity contribution is 6.33. The van der Waals surface area contributed by atoms with E-state index in [0.29, 0.717) is 22.8 Å². The second-order valence-electron chi connectivity index (χ2n) is 3.29. The van der Waals surface area contributed by atoms with Crippen LogP contribution in [0.2, 0.25) is 5.02 Å². The van der Waals surface area contributed by atoms with Crippen molar-refractivity contribution in [1.29, 1.82) is 0 Å². The highest BCUT2D eigenvalue weighted by Crippen LogP contribution is 2.30. The van der Waals surface area contributed by atoms with Gasteiger partial charge in [0.25, 0.3) is 11.6 Å². The van der Waals surface area contributed by atoms with Gasteiger partial charge in [0.2, 0.25) is 0 Å². The Bertz CT molecular complexity index is 568. The molecule has 2 rings (SSSR count). The fourth-order valence-electron chi connectivity index (χ4n) is 1.30. The molecular weight excluding hydrogens is 246 g/mol. The van der Waals surface area contributed by atoms with Crippen LogP contribution < -0.4 is 0 Å². The van der Waals surface area contributed by atoms with Gasteiger partial charge in [-0.15, -0.1) is 0 Å². The Balaban J connectivity index is 2.49. The summed E-state index contributed by atoms with van der Waals surface area (Å²) in [6.07, 6.45) is 0.621. The molecule has 0 radical (unpaired) electrons. The predicted molar refractivity (Wildman–Crippen MR) is 60.8 cm³/mol. The number of non-ortho nitro benzene ring substituents is 1. The lowest BCUT2D eigenvalue weighted by molar-refractivity contribution is -0.384. The van der Waals surface area contributed by atoms with Gasteiger partial charge in [-0.05, 0) is 6.07 Å². The van der Waals surface area contributed by atoms with Gasteiger partial charge < -0.3 is 4.52 Å². The van der Waals surface area contributed by atoms with Crippen LogP contribution in [-0.4, -0.2) is 15.1 Å². The van der Waals surface area contributed by atoms with E-state index in [1.165, 1.54) is 18.2 Å². The summed E-state index contributed by atoms with van der Waals surface area (Å²) >= 11 is 5.94. The molecule has 1 aromatic heterocycles. The van der Waals surface area contributed by atoms with Crippen molar-refractivity contribution < 1.29 is 9.45 Å². The van der Waals surface area contributed by atoms with E-state index in [-0.39, 0.29) is 11.6 Å². The molecule has 0 fully saturated rings. The number of aryl methyl sites for hydroxylation is 1. The number of rotatable bonds is 3. The zero-order chi connectivity index (χ0) is 12.4. The second-order valence-corrected chi connectivity index (χ2v) is 3.70. The number of nitrogens with zero attached hydrogens (tertiary/aromatic N) is 3. The molecule has 7 heteroatoms. The lowest BCUT2D eigenvalue weighted by atomic mass is 10.2. The Labute approximate surface area is 101 Å². The molecule has 0 saturated heterocycles. The van der Waals surface area contributed by atoms with E-state index < -0.39 is 4.92 Å². The molecule has 0 unspecified atom stereocenters. The predicted octanol–water partition coefficient (Wildman–Crippen LogP) is 2.86. The van der Waals surface area contributed by atoms with Crippen molar-refractivity contribution in [3.8, 4) is 11.5 Å². The van der Waals surface area contributed by atoms with Gasteiger partial charge in [-0.2, -0.15) is 4.98 Å². The maximum Gasteiger partial charge on any atom is 0.270 e. The molecule has 0 bridgehead atoms. The number of nitro groups is 1. The van der Waals surface area contributed by atoms with Crippen LogP contribution in [0.3, 0.4) is 0 Å². The second kappa shape index (κ2) is 4.50. The van der Waals surface area contributed by atoms with Gasteiger partial charge in [-0.3, -0.25) is 10.1 Å². The molecule has 0 aliphatic heterocycles. The number of nitro benzene ring substituents is 1. The third-order valence-corrected chi connectivity index (χ3v) is 2.51. The van der Waals surface area contributed by atoms with Gasteiger partial charge in [0, 0.05) is 18.6 Å². The van der Waals surface area contributed by atoms with Crippen LogP contribution >= 0.6 is 11.6 Å². The summed E-state index contributed by atoms with van der Waals surface area (Å²) in [7, 11) is 0. The Morgan fingerprint density at radius 2 is 2.29 bits per heavy atom. The molecule has 0 aliphatic rings. The first-order valence-corrected chi connectivity index (χ1v) is 5.26. The smallest absolute Gasteiger partial charge is 0.270 e. The minimum Gasteiger partial charge on any atom is -0.334 e. The van der Waals surface area contributed by atoms with E-state index >= 15 is 0 Å². The third-order valence-electron chi connectivity index (χ3n) is 2.18. The molecule has 0 atom stereocenters. The third kappa shape index (κ3) is 2.26. The van der Waals surface area contributed by atoms with Crippen molar-refractivity contribution in [3.05, 3.63) is 39.2 Å². The zero-order valence-electron chi connectivity index (χ0n) is 8.88. The Hall–Kier alpha value is -1.95. The van der Waals surface area contributed by atoms with Crippen LogP contribution in [0.1, 0.15) is 12.7 Å². The molecule has 2 aromatic rings. The summed E-state index contributed by atoms with van der Waals surface area (Å²) in [5.41, 5.74) is 0.300. The van der Waals surface area contributed by atoms with E-state index in [0.717, 1.165) is 0 Å². The average molecular weight is 254 g/mol. The van der Waals surface area contributed by atoms with Gasteiger partial charge in [0.1, 0.15) is 0 Å². The summed E-state index contributed by atoms with van der Waals surface area (Å²) in [4.78, 5) is 14.2. The standard InChI is InChI=1S/C10H8ClN3O3/c1-2-9-12-10(17-13-9)7-5-6(14(15)16)3-4-8(7)11/h3-5H,2H2,1H3. The number of aromatic nitrogens is 2. The molecule has 0 spiro atoms. The van der Waals surface area contributed by atoms with Gasteiger partial charge >= 0.3 is 0 Å². The zero-order valence-corrected chi connectivity index (χ0v) is 9.64. The fourth-order valence-corrected chi connectivity index (χ4v) is 1.50. The first-order chi connectivity index (χ1) is 8.11. The molecule has 88 valence electrons.